The molecule has 0 aromatic heterocycles. The lowest BCUT2D eigenvalue weighted by atomic mass is 10.5. The lowest BCUT2D eigenvalue weighted by Crippen LogP contribution is -1.88. The van der Waals surface area contributed by atoms with Crippen molar-refractivity contribution in [3.8, 4) is 6.07 Å². The highest BCUT2D eigenvalue weighted by Crippen LogP contribution is 1.68. The SMILES string of the molecule is Cl.N#CCC(=O)O. The second kappa shape index (κ2) is 5.25. The highest BCUT2D eigenvalue weighted by atomic mass is 35.5. The van der Waals surface area contributed by atoms with Crippen LogP contribution in [0, 0.1) is 11.3 Å². The predicted molar refractivity (Wildman–Crippen MR) is 25.1 cm³/mol. The number of nitrogens with zero attached hydrogens (tertiary/aromatic N) is 1. The molecular formula is C3H4ClNO2. The molecule has 0 saturated carbocycles. The van der Waals surface area contributed by atoms with Gasteiger partial charge in [-0.25, -0.2) is 0 Å². The van der Waals surface area contributed by atoms with Crippen molar-refractivity contribution in [3.05, 3.63) is 0 Å². The Morgan fingerprint density at radius 2 is 2.29 bits per heavy atom. The molecule has 4 heteroatoms. The third-order valence-corrected chi connectivity index (χ3v) is 0.230. The summed E-state index contributed by atoms with van der Waals surface area (Å²) in [6.07, 6.45) is -0.403. The molecule has 0 aliphatic rings. The molecular weight excluding hydrogens is 117 g/mol. The molecule has 0 saturated heterocycles. The second-order valence-electron chi connectivity index (χ2n) is 0.729. The maximum Gasteiger partial charge on any atom is 0.317 e. The Bertz CT molecular complexity index is 95.6. The number of carboxylic acids is 1. The third-order valence-electron chi connectivity index (χ3n) is 0.230. The van der Waals surface area contributed by atoms with E-state index in [4.69, 9.17) is 10.4 Å². The summed E-state index contributed by atoms with van der Waals surface area (Å²) in [5.74, 6) is -1.07. The molecule has 40 valence electrons. The van der Waals surface area contributed by atoms with E-state index >= 15 is 0 Å². The van der Waals surface area contributed by atoms with Gasteiger partial charge in [0.25, 0.3) is 0 Å². The summed E-state index contributed by atoms with van der Waals surface area (Å²) in [7, 11) is 0. The lowest BCUT2D eigenvalue weighted by Gasteiger charge is -1.70. The maximum atomic E-state index is 9.38. The first-order valence-electron chi connectivity index (χ1n) is 1.36. The summed E-state index contributed by atoms with van der Waals surface area (Å²) in [6.45, 7) is 0. The zero-order chi connectivity index (χ0) is 4.99. The molecule has 7 heavy (non-hydrogen) atoms. The summed E-state index contributed by atoms with van der Waals surface area (Å²) < 4.78 is 0. The van der Waals surface area contributed by atoms with Crippen LogP contribution in [0.4, 0.5) is 0 Å². The Hall–Kier alpha value is -0.750. The minimum Gasteiger partial charge on any atom is -0.480 e. The average molecular weight is 122 g/mol. The Labute approximate surface area is 47.0 Å². The van der Waals surface area contributed by atoms with Crippen LogP contribution in [-0.4, -0.2) is 11.1 Å². The van der Waals surface area contributed by atoms with Crippen LogP contribution in [0.2, 0.25) is 0 Å². The van der Waals surface area contributed by atoms with E-state index in [9.17, 15) is 4.79 Å². The summed E-state index contributed by atoms with van der Waals surface area (Å²) in [5, 5.41) is 15.3. The molecule has 0 unspecified atom stereocenters. The van der Waals surface area contributed by atoms with Crippen LogP contribution in [-0.2, 0) is 4.79 Å². The van der Waals surface area contributed by atoms with Crippen molar-refractivity contribution in [2.24, 2.45) is 0 Å². The molecule has 0 fully saturated rings. The summed E-state index contributed by atoms with van der Waals surface area (Å²) in [6, 6.07) is 1.47. The summed E-state index contributed by atoms with van der Waals surface area (Å²) >= 11 is 0. The van der Waals surface area contributed by atoms with Gasteiger partial charge in [0.05, 0.1) is 6.07 Å². The van der Waals surface area contributed by atoms with Gasteiger partial charge in [-0.3, -0.25) is 4.79 Å². The van der Waals surface area contributed by atoms with Gasteiger partial charge in [0.1, 0.15) is 6.42 Å². The Balaban J connectivity index is 0. The molecule has 3 nitrogen and oxygen atoms in total. The van der Waals surface area contributed by atoms with Gasteiger partial charge in [0.15, 0.2) is 0 Å². The number of hydrogen-bond donors (Lipinski definition) is 1. The highest BCUT2D eigenvalue weighted by Gasteiger charge is 1.87. The molecule has 0 radical (unpaired) electrons. The summed E-state index contributed by atoms with van der Waals surface area (Å²) in [5.41, 5.74) is 0. The molecule has 0 rings (SSSR count). The normalized spacial score (nSPS) is 5.57. The molecule has 0 amide bonds. The van der Waals surface area contributed by atoms with Gasteiger partial charge in [0, 0.05) is 0 Å². The van der Waals surface area contributed by atoms with E-state index in [0.717, 1.165) is 0 Å². The fourth-order valence-corrected chi connectivity index (χ4v) is 0.0676. The fourth-order valence-electron chi connectivity index (χ4n) is 0.0676. The quantitative estimate of drug-likeness (QED) is 0.547. The van der Waals surface area contributed by atoms with Crippen LogP contribution in [0.25, 0.3) is 0 Å². The Morgan fingerprint density at radius 3 is 2.29 bits per heavy atom. The van der Waals surface area contributed by atoms with Gasteiger partial charge in [-0.05, 0) is 0 Å². The number of carbonyl (C=O) groups is 1. The van der Waals surface area contributed by atoms with Crippen LogP contribution in [0.5, 0.6) is 0 Å². The molecule has 0 atom stereocenters. The zero-order valence-corrected chi connectivity index (χ0v) is 4.23. The fraction of sp³-hybridized carbons (Fsp3) is 0.333. The van der Waals surface area contributed by atoms with Gasteiger partial charge < -0.3 is 5.11 Å². The van der Waals surface area contributed by atoms with Crippen LogP contribution in [0.15, 0.2) is 0 Å². The average Bonchev–Trinajstić information content (AvgIpc) is 1.35. The Kier molecular flexibility index (Phi) is 7.15. The molecule has 1 N–H and O–H groups in total. The van der Waals surface area contributed by atoms with Crippen LogP contribution < -0.4 is 0 Å². The maximum absolute atomic E-state index is 9.38. The van der Waals surface area contributed by atoms with Crippen LogP contribution in [0.3, 0.4) is 0 Å². The van der Waals surface area contributed by atoms with Crippen molar-refractivity contribution in [2.45, 2.75) is 6.42 Å². The highest BCUT2D eigenvalue weighted by molar-refractivity contribution is 5.85. The van der Waals surface area contributed by atoms with Gasteiger partial charge >= 0.3 is 5.97 Å². The lowest BCUT2D eigenvalue weighted by molar-refractivity contribution is -0.135. The molecule has 0 aliphatic carbocycles. The van der Waals surface area contributed by atoms with Crippen molar-refractivity contribution in [1.29, 1.82) is 5.26 Å². The molecule has 0 heterocycles. The first-order valence-corrected chi connectivity index (χ1v) is 1.36. The number of aliphatic carboxylic acids is 1. The molecule has 0 aromatic carbocycles. The van der Waals surface area contributed by atoms with E-state index in [-0.39, 0.29) is 12.4 Å². The van der Waals surface area contributed by atoms with Gasteiger partial charge in [-0.15, -0.1) is 12.4 Å². The second-order valence-corrected chi connectivity index (χ2v) is 0.729. The number of hydrogen-bond acceptors (Lipinski definition) is 2. The van der Waals surface area contributed by atoms with Crippen molar-refractivity contribution < 1.29 is 9.90 Å². The van der Waals surface area contributed by atoms with Gasteiger partial charge in [0.2, 0.25) is 0 Å². The van der Waals surface area contributed by atoms with Crippen molar-refractivity contribution in [1.82, 2.24) is 0 Å². The van der Waals surface area contributed by atoms with Gasteiger partial charge in [-0.1, -0.05) is 0 Å². The third kappa shape index (κ3) is 11.0. The topological polar surface area (TPSA) is 61.1 Å². The predicted octanol–water partition coefficient (Wildman–Crippen LogP) is 0.406. The van der Waals surface area contributed by atoms with E-state index < -0.39 is 12.4 Å². The molecule has 0 bridgehead atoms. The van der Waals surface area contributed by atoms with Crippen LogP contribution in [0.1, 0.15) is 6.42 Å². The number of carboxylic acid groups (broad SMARTS) is 1. The van der Waals surface area contributed by atoms with E-state index in [0.29, 0.717) is 0 Å². The van der Waals surface area contributed by atoms with Crippen molar-refractivity contribution in [2.75, 3.05) is 0 Å². The number of rotatable bonds is 1. The van der Waals surface area contributed by atoms with E-state index in [2.05, 4.69) is 0 Å². The van der Waals surface area contributed by atoms with Crippen molar-refractivity contribution in [3.63, 3.8) is 0 Å². The van der Waals surface area contributed by atoms with E-state index in [1.807, 2.05) is 0 Å². The van der Waals surface area contributed by atoms with E-state index in [1.54, 1.807) is 0 Å². The van der Waals surface area contributed by atoms with Crippen molar-refractivity contribution >= 4 is 18.4 Å². The smallest absolute Gasteiger partial charge is 0.317 e. The largest absolute Gasteiger partial charge is 0.480 e. The zero-order valence-electron chi connectivity index (χ0n) is 3.42. The minimum absolute atomic E-state index is 0. The van der Waals surface area contributed by atoms with Gasteiger partial charge in [-0.2, -0.15) is 5.26 Å². The monoisotopic (exact) mass is 121 g/mol. The summed E-state index contributed by atoms with van der Waals surface area (Å²) in [4.78, 5) is 9.38. The molecule has 0 aromatic rings. The van der Waals surface area contributed by atoms with Crippen LogP contribution >= 0.6 is 12.4 Å². The number of nitriles is 1. The first kappa shape index (κ1) is 9.54. The standard InChI is InChI=1S/C3H3NO2.ClH/c4-2-1-3(5)6;/h1H2,(H,5,6);1H. The molecule has 0 spiro atoms. The molecule has 0 aliphatic heterocycles. The first-order chi connectivity index (χ1) is 2.77. The Morgan fingerprint density at radius 1 is 1.86 bits per heavy atom. The minimum atomic E-state index is -1.07. The number of halogens is 1. The van der Waals surface area contributed by atoms with E-state index in [1.165, 1.54) is 6.07 Å².